The minimum Gasteiger partial charge on any atom is -0.593 e. The molecule has 5 aromatic rings. The Labute approximate surface area is 247 Å². The van der Waals surface area contributed by atoms with Crippen molar-refractivity contribution in [3.63, 3.8) is 0 Å². The van der Waals surface area contributed by atoms with Crippen LogP contribution in [0.3, 0.4) is 0 Å². The van der Waals surface area contributed by atoms with Crippen LogP contribution in [-0.2, 0) is 16.1 Å². The fourth-order valence-electron chi connectivity index (χ4n) is 4.95. The van der Waals surface area contributed by atoms with Gasteiger partial charge in [-0.3, -0.25) is 4.79 Å². The summed E-state index contributed by atoms with van der Waals surface area (Å²) in [6.07, 6.45) is 4.32. The molecular weight excluding hydrogens is 580 g/mol. The SMILES string of the molecule is Cc1cc(Oc2c(F)cccc2F)ncc1-n1ncc(C(=O)c2cc3cc(N4CCOCC4)c(N[S+](C)[O-])cc3[nH]2)c1N. The second-order valence-corrected chi connectivity index (χ2v) is 11.1. The Morgan fingerprint density at radius 1 is 1.14 bits per heavy atom. The lowest BCUT2D eigenvalue weighted by atomic mass is 10.1. The number of carbonyl (C=O) groups excluding carboxylic acids is 1. The van der Waals surface area contributed by atoms with Gasteiger partial charge in [0.1, 0.15) is 17.8 Å². The maximum atomic E-state index is 14.0. The molecule has 222 valence electrons. The number of carbonyl (C=O) groups is 1. The van der Waals surface area contributed by atoms with Crippen molar-refractivity contribution in [2.45, 2.75) is 6.92 Å². The average Bonchev–Trinajstić information content (AvgIpc) is 3.57. The van der Waals surface area contributed by atoms with Crippen molar-refractivity contribution < 1.29 is 27.6 Å². The van der Waals surface area contributed by atoms with Crippen LogP contribution in [0.4, 0.5) is 26.0 Å². The molecular formula is C29H27F2N7O4S. The van der Waals surface area contributed by atoms with Crippen molar-refractivity contribution in [3.05, 3.63) is 83.3 Å². The van der Waals surface area contributed by atoms with E-state index in [2.05, 4.69) is 24.7 Å². The van der Waals surface area contributed by atoms with Gasteiger partial charge in [0.05, 0.1) is 59.6 Å². The number of nitrogens with one attached hydrogen (secondary N) is 2. The lowest BCUT2D eigenvalue weighted by molar-refractivity contribution is 0.103. The molecule has 1 atom stereocenters. The number of hydrogen-bond acceptors (Lipinski definition) is 9. The number of para-hydroxylation sites is 1. The maximum absolute atomic E-state index is 14.0. The van der Waals surface area contributed by atoms with E-state index in [1.54, 1.807) is 19.2 Å². The van der Waals surface area contributed by atoms with Crippen molar-refractivity contribution in [1.82, 2.24) is 19.7 Å². The molecule has 4 N–H and O–H groups in total. The molecule has 0 amide bonds. The first-order chi connectivity index (χ1) is 20.7. The molecule has 1 unspecified atom stereocenters. The van der Waals surface area contributed by atoms with Gasteiger partial charge in [-0.1, -0.05) is 6.07 Å². The smallest absolute Gasteiger partial charge is 0.219 e. The normalized spacial score (nSPS) is 14.2. The van der Waals surface area contributed by atoms with E-state index in [9.17, 15) is 18.1 Å². The van der Waals surface area contributed by atoms with E-state index in [1.807, 2.05) is 12.1 Å². The molecule has 43 heavy (non-hydrogen) atoms. The zero-order chi connectivity index (χ0) is 30.2. The summed E-state index contributed by atoms with van der Waals surface area (Å²) in [5.74, 6) is -2.59. The summed E-state index contributed by atoms with van der Waals surface area (Å²) in [4.78, 5) is 23.0. The summed E-state index contributed by atoms with van der Waals surface area (Å²) in [7, 11) is 0. The summed E-state index contributed by atoms with van der Waals surface area (Å²) in [6, 6.07) is 10.4. The average molecular weight is 608 g/mol. The third-order valence-electron chi connectivity index (χ3n) is 7.05. The number of anilines is 3. The number of morpholine rings is 1. The fraction of sp³-hybridized carbons (Fsp3) is 0.207. The number of hydrogen-bond donors (Lipinski definition) is 3. The Hall–Kier alpha value is -4.66. The van der Waals surface area contributed by atoms with Gasteiger partial charge in [-0.25, -0.2) is 23.2 Å². The second kappa shape index (κ2) is 11.6. The third kappa shape index (κ3) is 5.59. The Kier molecular flexibility index (Phi) is 7.64. The number of rotatable bonds is 8. The highest BCUT2D eigenvalue weighted by atomic mass is 32.2. The van der Waals surface area contributed by atoms with Crippen molar-refractivity contribution in [2.24, 2.45) is 0 Å². The molecule has 11 nitrogen and oxygen atoms in total. The van der Waals surface area contributed by atoms with Gasteiger partial charge < -0.3 is 29.6 Å². The predicted octanol–water partition coefficient (Wildman–Crippen LogP) is 4.48. The van der Waals surface area contributed by atoms with Gasteiger partial charge in [-0.2, -0.15) is 5.10 Å². The summed E-state index contributed by atoms with van der Waals surface area (Å²) in [6.45, 7) is 4.26. The van der Waals surface area contributed by atoms with Gasteiger partial charge >= 0.3 is 0 Å². The molecule has 1 fully saturated rings. The van der Waals surface area contributed by atoms with Crippen LogP contribution in [0.5, 0.6) is 11.6 Å². The summed E-state index contributed by atoms with van der Waals surface area (Å²) in [5.41, 5.74) is 10.1. The Balaban J connectivity index is 1.28. The van der Waals surface area contributed by atoms with Gasteiger partial charge in [-0.05, 0) is 42.8 Å². The van der Waals surface area contributed by atoms with Gasteiger partial charge in [-0.15, -0.1) is 0 Å². The number of ketones is 1. The first-order valence-corrected chi connectivity index (χ1v) is 14.8. The van der Waals surface area contributed by atoms with E-state index >= 15 is 0 Å². The molecule has 14 heteroatoms. The quantitative estimate of drug-likeness (QED) is 0.172. The third-order valence-corrected chi connectivity index (χ3v) is 7.56. The van der Waals surface area contributed by atoms with Crippen molar-refractivity contribution in [3.8, 4) is 17.3 Å². The summed E-state index contributed by atoms with van der Waals surface area (Å²) in [5, 5.41) is 5.10. The lowest BCUT2D eigenvalue weighted by Gasteiger charge is -2.30. The number of nitrogens with two attached hydrogens (primary N) is 1. The van der Waals surface area contributed by atoms with Crippen LogP contribution in [0.2, 0.25) is 0 Å². The van der Waals surface area contributed by atoms with Crippen LogP contribution in [-0.4, -0.2) is 62.6 Å². The van der Waals surface area contributed by atoms with E-state index in [4.69, 9.17) is 15.2 Å². The van der Waals surface area contributed by atoms with E-state index in [1.165, 1.54) is 29.2 Å². The predicted molar refractivity (Wildman–Crippen MR) is 159 cm³/mol. The van der Waals surface area contributed by atoms with E-state index in [0.717, 1.165) is 23.2 Å². The zero-order valence-electron chi connectivity index (χ0n) is 23.2. The molecule has 6 rings (SSSR count). The van der Waals surface area contributed by atoms with Crippen LogP contribution in [0.1, 0.15) is 21.6 Å². The zero-order valence-corrected chi connectivity index (χ0v) is 24.0. The highest BCUT2D eigenvalue weighted by Crippen LogP contribution is 2.34. The minimum absolute atomic E-state index is 0.0254. The molecule has 0 saturated carbocycles. The number of benzene rings is 2. The molecule has 0 radical (unpaired) electrons. The van der Waals surface area contributed by atoms with Gasteiger partial charge in [0.25, 0.3) is 0 Å². The van der Waals surface area contributed by atoms with Crippen LogP contribution >= 0.6 is 0 Å². The van der Waals surface area contributed by atoms with Crippen molar-refractivity contribution in [2.75, 3.05) is 47.9 Å². The van der Waals surface area contributed by atoms with E-state index in [-0.39, 0.29) is 23.0 Å². The fourth-order valence-corrected chi connectivity index (χ4v) is 5.42. The highest BCUT2D eigenvalue weighted by molar-refractivity contribution is 7.92. The lowest BCUT2D eigenvalue weighted by Crippen LogP contribution is -2.36. The topological polar surface area (TPSA) is 146 Å². The number of fused-ring (bicyclic) bond motifs is 1. The van der Waals surface area contributed by atoms with Crippen molar-refractivity contribution in [1.29, 1.82) is 0 Å². The molecule has 1 aliphatic rings. The van der Waals surface area contributed by atoms with Crippen molar-refractivity contribution >= 4 is 45.2 Å². The minimum atomic E-state index is -1.30. The number of nitrogen functional groups attached to an aromatic ring is 1. The van der Waals surface area contributed by atoms with E-state index < -0.39 is 28.7 Å². The van der Waals surface area contributed by atoms with Gasteiger partial charge in [0.15, 0.2) is 11.6 Å². The monoisotopic (exact) mass is 607 g/mol. The molecule has 3 aromatic heterocycles. The molecule has 2 aromatic carbocycles. The van der Waals surface area contributed by atoms with Crippen LogP contribution in [0, 0.1) is 18.6 Å². The molecule has 1 aliphatic heterocycles. The molecule has 0 aliphatic carbocycles. The number of ether oxygens (including phenoxy) is 2. The number of halogens is 2. The molecule has 0 spiro atoms. The molecule has 4 heterocycles. The highest BCUT2D eigenvalue weighted by Gasteiger charge is 2.23. The number of nitrogens with zero attached hydrogens (tertiary/aromatic N) is 4. The van der Waals surface area contributed by atoms with Crippen LogP contribution in [0.25, 0.3) is 16.6 Å². The molecule has 1 saturated heterocycles. The van der Waals surface area contributed by atoms with E-state index in [0.29, 0.717) is 54.5 Å². The Morgan fingerprint density at radius 3 is 2.58 bits per heavy atom. The number of H-pyrrole nitrogens is 1. The number of aromatic nitrogens is 4. The Bertz CT molecular complexity index is 1820. The van der Waals surface area contributed by atoms with Gasteiger partial charge in [0, 0.05) is 30.1 Å². The summed E-state index contributed by atoms with van der Waals surface area (Å²) < 4.78 is 55.2. The van der Waals surface area contributed by atoms with Crippen LogP contribution < -0.4 is 20.1 Å². The first-order valence-electron chi connectivity index (χ1n) is 13.3. The number of pyridine rings is 1. The first kappa shape index (κ1) is 28.5. The number of aryl methyl sites for hydroxylation is 1. The van der Waals surface area contributed by atoms with Crippen LogP contribution in [0.15, 0.2) is 54.9 Å². The second-order valence-electron chi connectivity index (χ2n) is 9.94. The standard InChI is InChI=1S/C29H27F2N7O4S/c1-16-10-26(42-28-19(30)4-3-5-20(28)31)33-15-25(16)38-29(32)18(14-34-38)27(39)23-11-17-12-24(37-6-8-41-9-7-37)22(36-43(2)40)13-21(17)35-23/h3-5,10-15,35-36H,6-9,32H2,1-2H3. The largest absolute Gasteiger partial charge is 0.593 e. The Morgan fingerprint density at radius 2 is 1.88 bits per heavy atom. The maximum Gasteiger partial charge on any atom is 0.219 e. The number of aromatic amines is 1. The van der Waals surface area contributed by atoms with Gasteiger partial charge in [0.2, 0.25) is 17.4 Å². The summed E-state index contributed by atoms with van der Waals surface area (Å²) >= 11 is -1.30. The molecule has 0 bridgehead atoms.